The molecule has 0 radical (unpaired) electrons. The summed E-state index contributed by atoms with van der Waals surface area (Å²) >= 11 is 0. The molecular weight excluding hydrogens is 408 g/mol. The zero-order chi connectivity index (χ0) is 22.9. The maximum Gasteiger partial charge on any atom is 0.308 e. The summed E-state index contributed by atoms with van der Waals surface area (Å²) in [5.74, 6) is -0.725. The quantitative estimate of drug-likeness (QED) is 0.609. The first-order valence-electron chi connectivity index (χ1n) is 11.0. The third-order valence-electron chi connectivity index (χ3n) is 5.47. The fourth-order valence-corrected chi connectivity index (χ4v) is 3.52. The zero-order valence-corrected chi connectivity index (χ0v) is 18.6. The number of benzene rings is 2. The molecule has 7 heteroatoms. The second-order valence-electron chi connectivity index (χ2n) is 7.80. The molecule has 0 aromatic heterocycles. The molecule has 2 atom stereocenters. The number of carbonyl (C=O) groups excluding carboxylic acids is 3. The molecule has 1 fully saturated rings. The van der Waals surface area contributed by atoms with Gasteiger partial charge in [0.1, 0.15) is 11.8 Å². The molecule has 1 N–H and O–H groups in total. The molecule has 3 rings (SSSR count). The van der Waals surface area contributed by atoms with Crippen LogP contribution in [0.1, 0.15) is 42.6 Å². The van der Waals surface area contributed by atoms with Crippen molar-refractivity contribution in [2.24, 2.45) is 0 Å². The number of hydrogen-bond acceptors (Lipinski definition) is 5. The van der Waals surface area contributed by atoms with Gasteiger partial charge in [0, 0.05) is 19.5 Å². The van der Waals surface area contributed by atoms with E-state index in [2.05, 4.69) is 5.32 Å². The van der Waals surface area contributed by atoms with Crippen LogP contribution in [-0.2, 0) is 20.7 Å². The summed E-state index contributed by atoms with van der Waals surface area (Å²) in [5, 5.41) is 2.74. The Morgan fingerprint density at radius 2 is 1.84 bits per heavy atom. The van der Waals surface area contributed by atoms with Crippen LogP contribution in [0.25, 0.3) is 0 Å². The summed E-state index contributed by atoms with van der Waals surface area (Å²) in [6, 6.07) is 16.0. The highest BCUT2D eigenvalue weighted by Crippen LogP contribution is 2.23. The van der Waals surface area contributed by atoms with Crippen molar-refractivity contribution in [3.63, 3.8) is 0 Å². The third kappa shape index (κ3) is 6.09. The molecule has 0 aliphatic carbocycles. The van der Waals surface area contributed by atoms with Crippen LogP contribution in [0.2, 0.25) is 0 Å². The van der Waals surface area contributed by atoms with E-state index in [1.54, 1.807) is 31.2 Å². The number of nitrogens with one attached hydrogen (secondary N) is 1. The Morgan fingerprint density at radius 1 is 1.12 bits per heavy atom. The van der Waals surface area contributed by atoms with Gasteiger partial charge in [-0.2, -0.15) is 0 Å². The molecular formula is C25H30N2O5. The van der Waals surface area contributed by atoms with E-state index in [-0.39, 0.29) is 24.3 Å². The van der Waals surface area contributed by atoms with Gasteiger partial charge in [0.05, 0.1) is 24.7 Å². The predicted octanol–water partition coefficient (Wildman–Crippen LogP) is 2.98. The molecule has 1 saturated heterocycles. The summed E-state index contributed by atoms with van der Waals surface area (Å²) in [4.78, 5) is 39.6. The van der Waals surface area contributed by atoms with Crippen molar-refractivity contribution in [3.05, 3.63) is 65.7 Å². The molecule has 0 spiro atoms. The summed E-state index contributed by atoms with van der Waals surface area (Å²) in [5.41, 5.74) is 1.51. The number of para-hydroxylation sites is 1. The topological polar surface area (TPSA) is 84.9 Å². The number of carbonyl (C=O) groups is 3. The second kappa shape index (κ2) is 11.3. The highest BCUT2D eigenvalue weighted by molar-refractivity contribution is 6.01. The van der Waals surface area contributed by atoms with E-state index in [9.17, 15) is 14.4 Å². The monoisotopic (exact) mass is 438 g/mol. The van der Waals surface area contributed by atoms with Gasteiger partial charge in [-0.3, -0.25) is 14.4 Å². The van der Waals surface area contributed by atoms with Gasteiger partial charge in [0.25, 0.3) is 5.91 Å². The highest BCUT2D eigenvalue weighted by atomic mass is 16.5. The molecule has 7 nitrogen and oxygen atoms in total. The van der Waals surface area contributed by atoms with E-state index in [0.717, 1.165) is 5.56 Å². The molecule has 2 aromatic rings. The van der Waals surface area contributed by atoms with Gasteiger partial charge in [0.2, 0.25) is 5.91 Å². The second-order valence-corrected chi connectivity index (χ2v) is 7.80. The highest BCUT2D eigenvalue weighted by Gasteiger charge is 2.36. The molecule has 2 aromatic carbocycles. The zero-order valence-electron chi connectivity index (χ0n) is 18.6. The molecule has 32 heavy (non-hydrogen) atoms. The molecule has 2 unspecified atom stereocenters. The standard InChI is InChI=1S/C25H30N2O5/c1-3-18(2)32-23(28)17-21-24(29)26-14-15-27(21)25(30)20-11-7-8-12-22(20)31-16-13-19-9-5-4-6-10-19/h4-12,18,21H,3,13-17H2,1-2H3,(H,26,29). The van der Waals surface area contributed by atoms with Crippen LogP contribution in [0.4, 0.5) is 0 Å². The smallest absolute Gasteiger partial charge is 0.308 e. The Kier molecular flexibility index (Phi) is 8.25. The minimum Gasteiger partial charge on any atom is -0.492 e. The Bertz CT molecular complexity index is 931. The molecule has 170 valence electrons. The SMILES string of the molecule is CCC(C)OC(=O)CC1C(=O)NCCN1C(=O)c1ccccc1OCCc1ccccc1. The van der Waals surface area contributed by atoms with Crippen LogP contribution in [0, 0.1) is 0 Å². The van der Waals surface area contributed by atoms with Crippen molar-refractivity contribution in [1.82, 2.24) is 10.2 Å². The van der Waals surface area contributed by atoms with Gasteiger partial charge in [-0.25, -0.2) is 0 Å². The Morgan fingerprint density at radius 3 is 2.59 bits per heavy atom. The van der Waals surface area contributed by atoms with Crippen molar-refractivity contribution in [1.29, 1.82) is 0 Å². The summed E-state index contributed by atoms with van der Waals surface area (Å²) in [7, 11) is 0. The predicted molar refractivity (Wildman–Crippen MR) is 120 cm³/mol. The normalized spacial score (nSPS) is 16.8. The Labute approximate surface area is 188 Å². The Hall–Kier alpha value is -3.35. The first-order chi connectivity index (χ1) is 15.5. The number of amides is 2. The lowest BCUT2D eigenvalue weighted by atomic mass is 10.1. The van der Waals surface area contributed by atoms with E-state index >= 15 is 0 Å². The van der Waals surface area contributed by atoms with Crippen LogP contribution in [-0.4, -0.2) is 54.5 Å². The fourth-order valence-electron chi connectivity index (χ4n) is 3.52. The molecule has 0 saturated carbocycles. The number of rotatable bonds is 9. The van der Waals surface area contributed by atoms with Crippen LogP contribution < -0.4 is 10.1 Å². The van der Waals surface area contributed by atoms with Gasteiger partial charge in [0.15, 0.2) is 0 Å². The molecule has 1 aliphatic rings. The lowest BCUT2D eigenvalue weighted by molar-refractivity contribution is -0.151. The molecule has 1 heterocycles. The van der Waals surface area contributed by atoms with Crippen molar-refractivity contribution in [2.75, 3.05) is 19.7 Å². The van der Waals surface area contributed by atoms with E-state index in [4.69, 9.17) is 9.47 Å². The van der Waals surface area contributed by atoms with Gasteiger partial charge in [-0.1, -0.05) is 49.4 Å². The number of esters is 1. The third-order valence-corrected chi connectivity index (χ3v) is 5.47. The number of nitrogens with zero attached hydrogens (tertiary/aromatic N) is 1. The molecule has 1 aliphatic heterocycles. The van der Waals surface area contributed by atoms with Crippen LogP contribution in [0.5, 0.6) is 5.75 Å². The number of ether oxygens (including phenoxy) is 2. The average Bonchev–Trinajstić information content (AvgIpc) is 2.81. The Balaban J connectivity index is 1.71. The number of piperazine rings is 1. The van der Waals surface area contributed by atoms with Crippen molar-refractivity contribution in [2.45, 2.75) is 45.3 Å². The maximum atomic E-state index is 13.4. The van der Waals surface area contributed by atoms with Crippen molar-refractivity contribution >= 4 is 17.8 Å². The van der Waals surface area contributed by atoms with E-state index in [1.165, 1.54) is 4.90 Å². The van der Waals surface area contributed by atoms with E-state index in [1.807, 2.05) is 37.3 Å². The fraction of sp³-hybridized carbons (Fsp3) is 0.400. The summed E-state index contributed by atoms with van der Waals surface area (Å²) < 4.78 is 11.2. The minimum absolute atomic E-state index is 0.182. The largest absolute Gasteiger partial charge is 0.492 e. The molecule has 0 bridgehead atoms. The number of hydrogen-bond donors (Lipinski definition) is 1. The van der Waals surface area contributed by atoms with Crippen LogP contribution >= 0.6 is 0 Å². The van der Waals surface area contributed by atoms with Gasteiger partial charge in [-0.15, -0.1) is 0 Å². The van der Waals surface area contributed by atoms with Gasteiger partial charge >= 0.3 is 5.97 Å². The van der Waals surface area contributed by atoms with Crippen LogP contribution in [0.3, 0.4) is 0 Å². The van der Waals surface area contributed by atoms with Gasteiger partial charge in [-0.05, 0) is 31.0 Å². The minimum atomic E-state index is -0.912. The maximum absolute atomic E-state index is 13.4. The summed E-state index contributed by atoms with van der Waals surface area (Å²) in [6.07, 6.45) is 0.967. The lowest BCUT2D eigenvalue weighted by Gasteiger charge is -2.35. The average molecular weight is 439 g/mol. The van der Waals surface area contributed by atoms with Crippen molar-refractivity contribution in [3.8, 4) is 5.75 Å². The van der Waals surface area contributed by atoms with E-state index in [0.29, 0.717) is 43.9 Å². The molecule has 2 amide bonds. The van der Waals surface area contributed by atoms with Crippen LogP contribution in [0.15, 0.2) is 54.6 Å². The van der Waals surface area contributed by atoms with Gasteiger partial charge < -0.3 is 19.7 Å². The van der Waals surface area contributed by atoms with E-state index < -0.39 is 12.0 Å². The van der Waals surface area contributed by atoms with Crippen molar-refractivity contribution < 1.29 is 23.9 Å². The lowest BCUT2D eigenvalue weighted by Crippen LogP contribution is -2.58. The first-order valence-corrected chi connectivity index (χ1v) is 11.0. The first kappa shape index (κ1) is 23.3. The summed E-state index contributed by atoms with van der Waals surface area (Å²) in [6.45, 7) is 4.77.